The number of para-hydroxylation sites is 1. The molecule has 2 aromatic carbocycles. The van der Waals surface area contributed by atoms with Crippen LogP contribution in [0.3, 0.4) is 0 Å². The number of hydrogen-bond acceptors (Lipinski definition) is 1. The number of aromatic nitrogens is 1. The fraction of sp³-hybridized carbons (Fsp3) is 0.300. The molecule has 0 aliphatic carbocycles. The molecule has 3 aromatic rings. The first-order valence-corrected chi connectivity index (χ1v) is 8.08. The quantitative estimate of drug-likeness (QED) is 0.609. The highest BCUT2D eigenvalue weighted by Gasteiger charge is 2.02. The van der Waals surface area contributed by atoms with Crippen molar-refractivity contribution in [2.75, 3.05) is 6.54 Å². The van der Waals surface area contributed by atoms with Gasteiger partial charge in [0.2, 0.25) is 0 Å². The van der Waals surface area contributed by atoms with Crippen LogP contribution in [0.15, 0.2) is 54.7 Å². The molecule has 3 heteroatoms. The Morgan fingerprint density at radius 2 is 1.74 bits per heavy atom. The Balaban J connectivity index is 0.00000192. The van der Waals surface area contributed by atoms with Crippen LogP contribution in [0.1, 0.15) is 36.5 Å². The third kappa shape index (κ3) is 4.37. The van der Waals surface area contributed by atoms with Gasteiger partial charge in [0.15, 0.2) is 0 Å². The highest BCUT2D eigenvalue weighted by atomic mass is 35.5. The SMILES string of the molecule is CC(C)c1ccc(CNCCc2c[nH]c3ccccc23)cc1.Cl. The monoisotopic (exact) mass is 328 g/mol. The molecule has 23 heavy (non-hydrogen) atoms. The first-order chi connectivity index (χ1) is 10.7. The van der Waals surface area contributed by atoms with Gasteiger partial charge in [0.1, 0.15) is 0 Å². The molecule has 0 aliphatic rings. The minimum Gasteiger partial charge on any atom is -0.361 e. The van der Waals surface area contributed by atoms with E-state index in [9.17, 15) is 0 Å². The Morgan fingerprint density at radius 3 is 2.48 bits per heavy atom. The van der Waals surface area contributed by atoms with Crippen molar-refractivity contribution in [3.63, 3.8) is 0 Å². The van der Waals surface area contributed by atoms with E-state index in [2.05, 4.69) is 78.9 Å². The molecule has 0 saturated heterocycles. The van der Waals surface area contributed by atoms with Crippen LogP contribution in [0.4, 0.5) is 0 Å². The van der Waals surface area contributed by atoms with Crippen molar-refractivity contribution < 1.29 is 0 Å². The van der Waals surface area contributed by atoms with Crippen molar-refractivity contribution in [2.24, 2.45) is 0 Å². The van der Waals surface area contributed by atoms with Gasteiger partial charge in [-0.25, -0.2) is 0 Å². The zero-order valence-electron chi connectivity index (χ0n) is 13.8. The predicted octanol–water partition coefficient (Wildman–Crippen LogP) is 5.05. The standard InChI is InChI=1S/C20H24N2.ClH/c1-15(2)17-9-7-16(8-10-17)13-21-12-11-18-14-22-20-6-4-3-5-19(18)20;/h3-10,14-15,21-22H,11-13H2,1-2H3;1H. The van der Waals surface area contributed by atoms with Gasteiger partial charge < -0.3 is 10.3 Å². The van der Waals surface area contributed by atoms with Crippen LogP contribution in [0.2, 0.25) is 0 Å². The van der Waals surface area contributed by atoms with Gasteiger partial charge in [0.05, 0.1) is 0 Å². The van der Waals surface area contributed by atoms with Crippen LogP contribution in [-0.2, 0) is 13.0 Å². The average Bonchev–Trinajstić information content (AvgIpc) is 2.95. The summed E-state index contributed by atoms with van der Waals surface area (Å²) in [5.74, 6) is 0.601. The van der Waals surface area contributed by atoms with Gasteiger partial charge in [0.25, 0.3) is 0 Å². The lowest BCUT2D eigenvalue weighted by Gasteiger charge is -2.08. The second-order valence-electron chi connectivity index (χ2n) is 6.18. The Labute approximate surface area is 144 Å². The molecule has 1 heterocycles. The van der Waals surface area contributed by atoms with E-state index in [1.807, 2.05) is 0 Å². The van der Waals surface area contributed by atoms with E-state index in [4.69, 9.17) is 0 Å². The molecule has 0 atom stereocenters. The number of halogens is 1. The van der Waals surface area contributed by atoms with Crippen LogP contribution in [0.25, 0.3) is 10.9 Å². The summed E-state index contributed by atoms with van der Waals surface area (Å²) in [6.45, 7) is 6.39. The smallest absolute Gasteiger partial charge is 0.0456 e. The molecule has 0 radical (unpaired) electrons. The minimum absolute atomic E-state index is 0. The summed E-state index contributed by atoms with van der Waals surface area (Å²) in [4.78, 5) is 3.34. The van der Waals surface area contributed by atoms with Gasteiger partial charge in [-0.15, -0.1) is 12.4 Å². The lowest BCUT2D eigenvalue weighted by Crippen LogP contribution is -2.16. The number of H-pyrrole nitrogens is 1. The fourth-order valence-electron chi connectivity index (χ4n) is 2.81. The molecule has 2 N–H and O–H groups in total. The van der Waals surface area contributed by atoms with E-state index >= 15 is 0 Å². The lowest BCUT2D eigenvalue weighted by molar-refractivity contribution is 0.688. The summed E-state index contributed by atoms with van der Waals surface area (Å²) in [6, 6.07) is 17.4. The second kappa shape index (κ2) is 8.19. The van der Waals surface area contributed by atoms with Gasteiger partial charge in [-0.1, -0.05) is 56.3 Å². The predicted molar refractivity (Wildman–Crippen MR) is 101 cm³/mol. The molecule has 122 valence electrons. The van der Waals surface area contributed by atoms with E-state index in [0.717, 1.165) is 19.5 Å². The number of benzene rings is 2. The summed E-state index contributed by atoms with van der Waals surface area (Å²) >= 11 is 0. The molecule has 2 nitrogen and oxygen atoms in total. The summed E-state index contributed by atoms with van der Waals surface area (Å²) < 4.78 is 0. The van der Waals surface area contributed by atoms with E-state index in [1.165, 1.54) is 27.6 Å². The zero-order chi connectivity index (χ0) is 15.4. The molecule has 0 bridgehead atoms. The van der Waals surface area contributed by atoms with Gasteiger partial charge in [0, 0.05) is 23.6 Å². The Morgan fingerprint density at radius 1 is 1.00 bits per heavy atom. The molecule has 0 unspecified atom stereocenters. The maximum absolute atomic E-state index is 3.54. The van der Waals surface area contributed by atoms with E-state index in [-0.39, 0.29) is 12.4 Å². The highest BCUT2D eigenvalue weighted by molar-refractivity contribution is 5.85. The summed E-state index contributed by atoms with van der Waals surface area (Å²) in [5, 5.41) is 4.88. The normalized spacial score (nSPS) is 10.9. The molecule has 0 saturated carbocycles. The molecule has 0 fully saturated rings. The average molecular weight is 329 g/mol. The summed E-state index contributed by atoms with van der Waals surface area (Å²) in [6.07, 6.45) is 3.18. The Kier molecular flexibility index (Phi) is 6.26. The van der Waals surface area contributed by atoms with Gasteiger partial charge >= 0.3 is 0 Å². The highest BCUT2D eigenvalue weighted by Crippen LogP contribution is 2.18. The van der Waals surface area contributed by atoms with Crippen LogP contribution in [0, 0.1) is 0 Å². The Bertz CT molecular complexity index is 729. The van der Waals surface area contributed by atoms with Crippen LogP contribution >= 0.6 is 12.4 Å². The van der Waals surface area contributed by atoms with Crippen molar-refractivity contribution >= 4 is 23.3 Å². The minimum atomic E-state index is 0. The first kappa shape index (κ1) is 17.6. The second-order valence-corrected chi connectivity index (χ2v) is 6.18. The first-order valence-electron chi connectivity index (χ1n) is 8.08. The molecule has 1 aromatic heterocycles. The summed E-state index contributed by atoms with van der Waals surface area (Å²) in [7, 11) is 0. The van der Waals surface area contributed by atoms with Gasteiger partial charge in [-0.2, -0.15) is 0 Å². The molecule has 3 rings (SSSR count). The van der Waals surface area contributed by atoms with E-state index in [1.54, 1.807) is 0 Å². The molecule has 0 amide bonds. The third-order valence-corrected chi connectivity index (χ3v) is 4.22. The van der Waals surface area contributed by atoms with Gasteiger partial charge in [-0.3, -0.25) is 0 Å². The van der Waals surface area contributed by atoms with Crippen molar-refractivity contribution in [3.05, 3.63) is 71.4 Å². The zero-order valence-corrected chi connectivity index (χ0v) is 14.6. The van der Waals surface area contributed by atoms with Crippen molar-refractivity contribution in [1.29, 1.82) is 0 Å². The fourth-order valence-corrected chi connectivity index (χ4v) is 2.81. The number of rotatable bonds is 6. The molecular weight excluding hydrogens is 304 g/mol. The number of hydrogen-bond donors (Lipinski definition) is 2. The van der Waals surface area contributed by atoms with Crippen LogP contribution in [0.5, 0.6) is 0 Å². The van der Waals surface area contributed by atoms with Gasteiger partial charge in [-0.05, 0) is 41.6 Å². The van der Waals surface area contributed by atoms with Crippen molar-refractivity contribution in [1.82, 2.24) is 10.3 Å². The number of nitrogens with one attached hydrogen (secondary N) is 2. The molecule has 0 spiro atoms. The topological polar surface area (TPSA) is 27.8 Å². The maximum atomic E-state index is 3.54. The molecule has 0 aliphatic heterocycles. The van der Waals surface area contributed by atoms with Crippen molar-refractivity contribution in [2.45, 2.75) is 32.7 Å². The Hall–Kier alpha value is -1.77. The van der Waals surface area contributed by atoms with Crippen LogP contribution in [-0.4, -0.2) is 11.5 Å². The molecular formula is C20H25ClN2. The third-order valence-electron chi connectivity index (χ3n) is 4.22. The number of aromatic amines is 1. The van der Waals surface area contributed by atoms with Crippen molar-refractivity contribution in [3.8, 4) is 0 Å². The van der Waals surface area contributed by atoms with E-state index < -0.39 is 0 Å². The van der Waals surface area contributed by atoms with E-state index in [0.29, 0.717) is 5.92 Å². The largest absolute Gasteiger partial charge is 0.361 e. The number of fused-ring (bicyclic) bond motifs is 1. The maximum Gasteiger partial charge on any atom is 0.0456 e. The summed E-state index contributed by atoms with van der Waals surface area (Å²) in [5.41, 5.74) is 5.37. The van der Waals surface area contributed by atoms with Crippen LogP contribution < -0.4 is 5.32 Å². The lowest BCUT2D eigenvalue weighted by atomic mass is 10.0.